The van der Waals surface area contributed by atoms with Crippen molar-refractivity contribution in [2.24, 2.45) is 0 Å². The molecule has 1 aliphatic carbocycles. The van der Waals surface area contributed by atoms with E-state index in [2.05, 4.69) is 132 Å². The molecule has 4 aromatic rings. The van der Waals surface area contributed by atoms with Gasteiger partial charge in [0.15, 0.2) is 0 Å². The number of aromatic nitrogens is 2. The standard InChI is InChI=1S/C25H18I2N2/c1-15-3-7-17(8-4-15)25(18-9-5-16(2)6-10-18)19-11-13-21(26)28-23(19)24-20(25)12-14-22(27)29-24/h3-14H,1-2H3. The van der Waals surface area contributed by atoms with Crippen molar-refractivity contribution in [3.05, 3.63) is 114 Å². The summed E-state index contributed by atoms with van der Waals surface area (Å²) in [5.41, 5.74) is 8.99. The fraction of sp³-hybridized carbons (Fsp3) is 0.120. The SMILES string of the molecule is Cc1ccc(C2(c3ccc(C)cc3)c3ccc(I)nc3-c3nc(I)ccc32)cc1. The fourth-order valence-electron chi connectivity index (χ4n) is 4.38. The monoisotopic (exact) mass is 600 g/mol. The Bertz CT molecular complexity index is 1130. The van der Waals surface area contributed by atoms with E-state index in [-0.39, 0.29) is 0 Å². The van der Waals surface area contributed by atoms with Crippen molar-refractivity contribution in [2.45, 2.75) is 19.3 Å². The minimum atomic E-state index is -0.416. The van der Waals surface area contributed by atoms with Gasteiger partial charge in [-0.3, -0.25) is 0 Å². The normalized spacial score (nSPS) is 13.8. The number of fused-ring (bicyclic) bond motifs is 3. The average molecular weight is 600 g/mol. The van der Waals surface area contributed by atoms with Crippen LogP contribution in [0.4, 0.5) is 0 Å². The number of rotatable bonds is 2. The molecule has 2 aromatic carbocycles. The molecule has 0 radical (unpaired) electrons. The van der Waals surface area contributed by atoms with E-state index < -0.39 is 5.41 Å². The second-order valence-electron chi connectivity index (χ2n) is 7.54. The number of benzene rings is 2. The van der Waals surface area contributed by atoms with Crippen molar-refractivity contribution in [1.29, 1.82) is 0 Å². The number of halogens is 2. The summed E-state index contributed by atoms with van der Waals surface area (Å²) in [4.78, 5) is 9.88. The number of hydrogen-bond donors (Lipinski definition) is 0. The van der Waals surface area contributed by atoms with Crippen LogP contribution in [0.2, 0.25) is 0 Å². The maximum Gasteiger partial charge on any atom is 0.102 e. The van der Waals surface area contributed by atoms with Crippen LogP contribution in [0.5, 0.6) is 0 Å². The van der Waals surface area contributed by atoms with E-state index in [4.69, 9.17) is 9.97 Å². The minimum Gasteiger partial charge on any atom is -0.240 e. The molecule has 2 heterocycles. The smallest absolute Gasteiger partial charge is 0.102 e. The summed E-state index contributed by atoms with van der Waals surface area (Å²) in [7, 11) is 0. The fourth-order valence-corrected chi connectivity index (χ4v) is 5.22. The van der Waals surface area contributed by atoms with Gasteiger partial charge in [0.05, 0.1) is 16.8 Å². The zero-order chi connectivity index (χ0) is 20.2. The third-order valence-electron chi connectivity index (χ3n) is 5.72. The number of hydrogen-bond acceptors (Lipinski definition) is 2. The van der Waals surface area contributed by atoms with Crippen molar-refractivity contribution >= 4 is 45.2 Å². The van der Waals surface area contributed by atoms with E-state index in [1.165, 1.54) is 33.4 Å². The molecule has 0 fully saturated rings. The van der Waals surface area contributed by atoms with Crippen LogP contribution in [-0.2, 0) is 5.41 Å². The summed E-state index contributed by atoms with van der Waals surface area (Å²) in [6, 6.07) is 26.5. The van der Waals surface area contributed by atoms with Crippen LogP contribution in [0.25, 0.3) is 11.4 Å². The first-order valence-electron chi connectivity index (χ1n) is 9.49. The highest BCUT2D eigenvalue weighted by atomic mass is 127. The van der Waals surface area contributed by atoms with Crippen molar-refractivity contribution in [2.75, 3.05) is 0 Å². The van der Waals surface area contributed by atoms with Gasteiger partial charge in [0.25, 0.3) is 0 Å². The van der Waals surface area contributed by atoms with Gasteiger partial charge in [0, 0.05) is 0 Å². The first-order valence-corrected chi connectivity index (χ1v) is 11.6. The third-order valence-corrected chi connectivity index (χ3v) is 6.93. The zero-order valence-electron chi connectivity index (χ0n) is 16.1. The Kier molecular flexibility index (Phi) is 4.74. The van der Waals surface area contributed by atoms with Gasteiger partial charge in [0.2, 0.25) is 0 Å². The molecule has 2 nitrogen and oxygen atoms in total. The molecular weight excluding hydrogens is 582 g/mol. The van der Waals surface area contributed by atoms with Crippen LogP contribution >= 0.6 is 45.2 Å². The van der Waals surface area contributed by atoms with Crippen molar-refractivity contribution in [3.63, 3.8) is 0 Å². The Hall–Kier alpha value is -1.80. The molecule has 0 unspecified atom stereocenters. The van der Waals surface area contributed by atoms with Gasteiger partial charge in [0.1, 0.15) is 7.40 Å². The van der Waals surface area contributed by atoms with Crippen LogP contribution in [0, 0.1) is 21.2 Å². The van der Waals surface area contributed by atoms with E-state index >= 15 is 0 Å². The lowest BCUT2D eigenvalue weighted by molar-refractivity contribution is 0.763. The molecule has 4 heteroatoms. The molecule has 0 saturated heterocycles. The van der Waals surface area contributed by atoms with Crippen LogP contribution in [0.15, 0.2) is 72.8 Å². The van der Waals surface area contributed by atoms with E-state index in [1.54, 1.807) is 0 Å². The lowest BCUT2D eigenvalue weighted by Crippen LogP contribution is -2.28. The number of pyridine rings is 2. The second kappa shape index (κ2) is 7.16. The van der Waals surface area contributed by atoms with Gasteiger partial charge < -0.3 is 0 Å². The van der Waals surface area contributed by atoms with Crippen LogP contribution in [0.3, 0.4) is 0 Å². The first kappa shape index (κ1) is 19.2. The van der Waals surface area contributed by atoms with Gasteiger partial charge in [-0.1, -0.05) is 71.8 Å². The molecule has 0 saturated carbocycles. The second-order valence-corrected chi connectivity index (χ2v) is 9.75. The quantitative estimate of drug-likeness (QED) is 0.167. The maximum atomic E-state index is 4.94. The Morgan fingerprint density at radius 3 is 1.31 bits per heavy atom. The predicted octanol–water partition coefficient (Wildman–Crippen LogP) is 6.67. The van der Waals surface area contributed by atoms with Crippen molar-refractivity contribution in [1.82, 2.24) is 9.97 Å². The van der Waals surface area contributed by atoms with Gasteiger partial charge in [-0.05, 0) is 93.4 Å². The molecule has 29 heavy (non-hydrogen) atoms. The summed E-state index contributed by atoms with van der Waals surface area (Å²) >= 11 is 4.58. The summed E-state index contributed by atoms with van der Waals surface area (Å²) in [5.74, 6) is 0. The minimum absolute atomic E-state index is 0.416. The maximum absolute atomic E-state index is 4.94. The van der Waals surface area contributed by atoms with E-state index in [0.29, 0.717) is 0 Å². The van der Waals surface area contributed by atoms with Crippen LogP contribution < -0.4 is 0 Å². The highest BCUT2D eigenvalue weighted by Crippen LogP contribution is 2.55. The highest BCUT2D eigenvalue weighted by Gasteiger charge is 2.47. The van der Waals surface area contributed by atoms with Gasteiger partial charge in [-0.2, -0.15) is 0 Å². The molecule has 0 N–H and O–H groups in total. The van der Waals surface area contributed by atoms with Crippen LogP contribution in [-0.4, -0.2) is 9.97 Å². The molecule has 142 valence electrons. The number of aryl methyl sites for hydroxylation is 2. The summed E-state index contributed by atoms with van der Waals surface area (Å²) in [6.45, 7) is 4.26. The zero-order valence-corrected chi connectivity index (χ0v) is 20.4. The molecule has 0 aliphatic heterocycles. The van der Waals surface area contributed by atoms with Gasteiger partial charge in [-0.25, -0.2) is 9.97 Å². The summed E-state index contributed by atoms with van der Waals surface area (Å²) in [6.07, 6.45) is 0. The lowest BCUT2D eigenvalue weighted by Gasteiger charge is -2.33. The Morgan fingerprint density at radius 2 is 0.931 bits per heavy atom. The summed E-state index contributed by atoms with van der Waals surface area (Å²) in [5, 5.41) is 0. The van der Waals surface area contributed by atoms with E-state index in [1.807, 2.05) is 0 Å². The largest absolute Gasteiger partial charge is 0.240 e. The van der Waals surface area contributed by atoms with Crippen molar-refractivity contribution < 1.29 is 0 Å². The molecule has 2 aromatic heterocycles. The van der Waals surface area contributed by atoms with Gasteiger partial charge >= 0.3 is 0 Å². The van der Waals surface area contributed by atoms with Crippen molar-refractivity contribution in [3.8, 4) is 11.4 Å². The topological polar surface area (TPSA) is 25.8 Å². The molecular formula is C25H18I2N2. The van der Waals surface area contributed by atoms with Crippen LogP contribution in [0.1, 0.15) is 33.4 Å². The Balaban J connectivity index is 1.95. The van der Waals surface area contributed by atoms with E-state index in [9.17, 15) is 0 Å². The molecule has 0 bridgehead atoms. The molecule has 1 aliphatic rings. The third kappa shape index (κ3) is 2.94. The summed E-state index contributed by atoms with van der Waals surface area (Å²) < 4.78 is 1.97. The Labute approximate surface area is 198 Å². The lowest BCUT2D eigenvalue weighted by atomic mass is 9.68. The van der Waals surface area contributed by atoms with E-state index in [0.717, 1.165) is 18.8 Å². The average Bonchev–Trinajstić information content (AvgIpc) is 2.99. The molecule has 0 atom stereocenters. The molecule has 0 amide bonds. The molecule has 5 rings (SSSR count). The number of nitrogens with zero attached hydrogens (tertiary/aromatic N) is 2. The Morgan fingerprint density at radius 1 is 0.552 bits per heavy atom. The predicted molar refractivity (Wildman–Crippen MR) is 134 cm³/mol. The highest BCUT2D eigenvalue weighted by molar-refractivity contribution is 14.1. The van der Waals surface area contributed by atoms with Gasteiger partial charge in [-0.15, -0.1) is 0 Å². The first-order chi connectivity index (χ1) is 14.0. The molecule has 0 spiro atoms.